The highest BCUT2D eigenvalue weighted by molar-refractivity contribution is 7.12. The molecular weight excluding hydrogens is 388 g/mol. The quantitative estimate of drug-likeness (QED) is 0.543. The van der Waals surface area contributed by atoms with Crippen LogP contribution in [0.3, 0.4) is 0 Å². The Hall–Kier alpha value is -3.40. The topological polar surface area (TPSA) is 81.9 Å². The molecule has 0 atom stereocenters. The number of hydrogen-bond acceptors (Lipinski definition) is 6. The Morgan fingerprint density at radius 3 is 2.82 bits per heavy atom. The summed E-state index contributed by atoms with van der Waals surface area (Å²) in [5.41, 5.74) is 3.13. The van der Waals surface area contributed by atoms with E-state index in [9.17, 15) is 13.6 Å². The van der Waals surface area contributed by atoms with Crippen molar-refractivity contribution in [2.45, 2.75) is 13.3 Å². The normalized spacial score (nSPS) is 11.1. The summed E-state index contributed by atoms with van der Waals surface area (Å²) < 4.78 is 32.9. The molecule has 3 heterocycles. The number of para-hydroxylation sites is 1. The van der Waals surface area contributed by atoms with Crippen molar-refractivity contribution < 1.29 is 18.3 Å². The molecule has 0 aliphatic heterocycles. The van der Waals surface area contributed by atoms with Crippen LogP contribution in [0.5, 0.6) is 5.75 Å². The summed E-state index contributed by atoms with van der Waals surface area (Å²) >= 11 is 1.39. The average Bonchev–Trinajstić information content (AvgIpc) is 3.32. The second-order valence-electron chi connectivity index (χ2n) is 5.75. The Morgan fingerprint density at radius 1 is 1.29 bits per heavy atom. The van der Waals surface area contributed by atoms with Crippen molar-refractivity contribution in [2.24, 2.45) is 0 Å². The number of benzene rings is 1. The molecule has 10 heteroatoms. The van der Waals surface area contributed by atoms with Crippen molar-refractivity contribution in [3.8, 4) is 16.6 Å². The molecule has 0 saturated heterocycles. The largest absolute Gasteiger partial charge is 0.432 e. The fraction of sp³-hybridized carbons (Fsp3) is 0.111. The molecule has 1 aromatic carbocycles. The van der Waals surface area contributed by atoms with Crippen LogP contribution in [0.15, 0.2) is 48.2 Å². The summed E-state index contributed by atoms with van der Waals surface area (Å²) in [7, 11) is 0. The molecule has 0 unspecified atom stereocenters. The van der Waals surface area contributed by atoms with Crippen LogP contribution in [0.2, 0.25) is 0 Å². The Bertz CT molecular complexity index is 1140. The van der Waals surface area contributed by atoms with Crippen LogP contribution in [0.1, 0.15) is 17.7 Å². The van der Waals surface area contributed by atoms with Gasteiger partial charge in [0.2, 0.25) is 0 Å². The number of halogens is 2. The summed E-state index contributed by atoms with van der Waals surface area (Å²) in [5.74, 6) is 0.585. The number of fused-ring (bicyclic) bond motifs is 1. The van der Waals surface area contributed by atoms with E-state index >= 15 is 0 Å². The molecule has 0 fully saturated rings. The van der Waals surface area contributed by atoms with Gasteiger partial charge in [0.1, 0.15) is 0 Å². The van der Waals surface area contributed by atoms with Crippen LogP contribution in [0.4, 0.5) is 13.6 Å². The zero-order valence-corrected chi connectivity index (χ0v) is 15.3. The summed E-state index contributed by atoms with van der Waals surface area (Å²) in [6, 6.07) is 6.53. The highest BCUT2D eigenvalue weighted by atomic mass is 32.1. The molecule has 4 aromatic rings. The molecule has 0 aliphatic carbocycles. The van der Waals surface area contributed by atoms with Crippen molar-refractivity contribution in [3.63, 3.8) is 0 Å². The van der Waals surface area contributed by atoms with E-state index in [0.29, 0.717) is 27.4 Å². The van der Waals surface area contributed by atoms with Crippen LogP contribution < -0.4 is 10.2 Å². The molecule has 7 nitrogen and oxygen atoms in total. The lowest BCUT2D eigenvalue weighted by Crippen LogP contribution is -2.25. The van der Waals surface area contributed by atoms with Gasteiger partial charge in [-0.2, -0.15) is 0 Å². The highest BCUT2D eigenvalue weighted by Gasteiger charge is 2.18. The van der Waals surface area contributed by atoms with Crippen LogP contribution in [-0.4, -0.2) is 25.7 Å². The van der Waals surface area contributed by atoms with Gasteiger partial charge < -0.3 is 4.74 Å². The van der Waals surface area contributed by atoms with Crippen molar-refractivity contribution in [3.05, 3.63) is 59.5 Å². The van der Waals surface area contributed by atoms with Gasteiger partial charge >= 0.3 is 6.09 Å². The van der Waals surface area contributed by atoms with Gasteiger partial charge in [0.15, 0.2) is 16.6 Å². The number of nitrogens with zero attached hydrogens (tertiary/aromatic N) is 4. The molecule has 0 saturated carbocycles. The third-order valence-corrected chi connectivity index (χ3v) is 4.72. The minimum Gasteiger partial charge on any atom is -0.406 e. The lowest BCUT2D eigenvalue weighted by molar-refractivity contribution is 0.153. The number of aromatic nitrogens is 4. The fourth-order valence-corrected chi connectivity index (χ4v) is 3.26. The molecule has 0 bridgehead atoms. The number of nitrogens with one attached hydrogen (secondary N) is 1. The van der Waals surface area contributed by atoms with Gasteiger partial charge in [0, 0.05) is 28.7 Å². The summed E-state index contributed by atoms with van der Waals surface area (Å²) in [4.78, 5) is 24.8. The molecule has 28 heavy (non-hydrogen) atoms. The second-order valence-corrected chi connectivity index (χ2v) is 6.65. The number of alkyl halides is 2. The third kappa shape index (κ3) is 3.41. The van der Waals surface area contributed by atoms with E-state index in [4.69, 9.17) is 4.74 Å². The zero-order chi connectivity index (χ0) is 19.7. The number of hydrogen-bond donors (Lipinski definition) is 1. The summed E-state index contributed by atoms with van der Waals surface area (Å²) in [6.07, 6.45) is 0.669. The minimum atomic E-state index is -2.67. The Kier molecular flexibility index (Phi) is 4.70. The van der Waals surface area contributed by atoms with Gasteiger partial charge in [0.05, 0.1) is 17.4 Å². The van der Waals surface area contributed by atoms with Gasteiger partial charge in [-0.25, -0.2) is 34.0 Å². The van der Waals surface area contributed by atoms with Crippen LogP contribution in [0.25, 0.3) is 21.7 Å². The smallest absolute Gasteiger partial charge is 0.406 e. The van der Waals surface area contributed by atoms with Crippen molar-refractivity contribution in [1.82, 2.24) is 19.6 Å². The maximum atomic E-state index is 13.2. The molecule has 142 valence electrons. The number of thiazole rings is 1. The highest BCUT2D eigenvalue weighted by Crippen LogP contribution is 2.29. The summed E-state index contributed by atoms with van der Waals surface area (Å²) in [5, 5.41) is 2.81. The predicted octanol–water partition coefficient (Wildman–Crippen LogP) is 4.54. The third-order valence-electron chi connectivity index (χ3n) is 3.95. The van der Waals surface area contributed by atoms with Crippen LogP contribution in [-0.2, 0) is 0 Å². The maximum absolute atomic E-state index is 13.2. The number of rotatable bonds is 4. The van der Waals surface area contributed by atoms with E-state index in [1.54, 1.807) is 42.8 Å². The van der Waals surface area contributed by atoms with E-state index < -0.39 is 12.5 Å². The van der Waals surface area contributed by atoms with E-state index in [2.05, 4.69) is 20.4 Å². The fourth-order valence-electron chi connectivity index (χ4n) is 2.69. The molecular formula is C18H13F2N5O2S. The molecule has 1 amide bonds. The average molecular weight is 401 g/mol. The second kappa shape index (κ2) is 7.31. The van der Waals surface area contributed by atoms with Gasteiger partial charge in [-0.15, -0.1) is 11.3 Å². The Balaban J connectivity index is 1.55. The number of amides is 1. The predicted molar refractivity (Wildman–Crippen MR) is 100 cm³/mol. The molecule has 1 N–H and O–H groups in total. The maximum Gasteiger partial charge on any atom is 0.432 e. The number of carbonyl (C=O) groups is 1. The number of ether oxygens (including phenoxy) is 1. The van der Waals surface area contributed by atoms with Crippen molar-refractivity contribution in [1.29, 1.82) is 0 Å². The van der Waals surface area contributed by atoms with Crippen molar-refractivity contribution in [2.75, 3.05) is 5.43 Å². The lowest BCUT2D eigenvalue weighted by atomic mass is 10.2. The first kappa shape index (κ1) is 18.0. The van der Waals surface area contributed by atoms with Crippen molar-refractivity contribution >= 4 is 28.3 Å². The summed E-state index contributed by atoms with van der Waals surface area (Å²) in [6.45, 7) is 1.67. The first-order valence-electron chi connectivity index (χ1n) is 8.13. The SMILES string of the molecule is Cc1nc(-c2nccs2)ncc1OC(=O)Nn1cc(C(F)F)c2ccccc21. The van der Waals surface area contributed by atoms with E-state index in [-0.39, 0.29) is 11.3 Å². The van der Waals surface area contributed by atoms with Gasteiger partial charge in [-0.3, -0.25) is 4.68 Å². The molecule has 4 rings (SSSR count). The molecule has 0 radical (unpaired) electrons. The van der Waals surface area contributed by atoms with Gasteiger partial charge in [-0.05, 0) is 13.0 Å². The van der Waals surface area contributed by atoms with E-state index in [0.717, 1.165) is 0 Å². The monoisotopic (exact) mass is 401 g/mol. The van der Waals surface area contributed by atoms with Crippen LogP contribution >= 0.6 is 11.3 Å². The zero-order valence-electron chi connectivity index (χ0n) is 14.5. The minimum absolute atomic E-state index is 0.156. The lowest BCUT2D eigenvalue weighted by Gasteiger charge is -2.10. The number of carbonyl (C=O) groups excluding carboxylic acids is 1. The molecule has 0 spiro atoms. The van der Waals surface area contributed by atoms with Gasteiger partial charge in [0.25, 0.3) is 6.43 Å². The Morgan fingerprint density at radius 2 is 2.11 bits per heavy atom. The van der Waals surface area contributed by atoms with E-state index in [1.807, 2.05) is 0 Å². The van der Waals surface area contributed by atoms with E-state index in [1.165, 1.54) is 28.4 Å². The number of aryl methyl sites for hydroxylation is 1. The first-order chi connectivity index (χ1) is 13.5. The first-order valence-corrected chi connectivity index (χ1v) is 9.01. The van der Waals surface area contributed by atoms with Crippen LogP contribution in [0, 0.1) is 6.92 Å². The standard InChI is InChI=1S/C18H13F2N5O2S/c1-10-14(8-22-16(23-10)17-21-6-7-28-17)27-18(26)24-25-9-12(15(19)20)11-4-2-3-5-13(11)25/h2-9,15H,1H3,(H,24,26). The molecule has 3 aromatic heterocycles. The molecule has 0 aliphatic rings. The van der Waals surface area contributed by atoms with Gasteiger partial charge in [-0.1, -0.05) is 18.2 Å². The Labute approximate surface area is 161 Å².